The van der Waals surface area contributed by atoms with E-state index in [1.165, 1.54) is 0 Å². The van der Waals surface area contributed by atoms with E-state index in [0.717, 1.165) is 69.8 Å². The maximum atomic E-state index is 13.9. The molecule has 2 unspecified atom stereocenters. The molecule has 3 amide bonds. The molecule has 8 rings (SSSR count). The number of aryl methyl sites for hydroxylation is 1. The van der Waals surface area contributed by atoms with Gasteiger partial charge in [-0.15, -0.1) is 0 Å². The van der Waals surface area contributed by atoms with Crippen molar-refractivity contribution >= 4 is 41.6 Å². The number of urea groups is 1. The zero-order valence-electron chi connectivity index (χ0n) is 34.2. The van der Waals surface area contributed by atoms with Crippen molar-refractivity contribution in [1.29, 1.82) is 0 Å². The molecule has 0 saturated heterocycles. The van der Waals surface area contributed by atoms with Gasteiger partial charge in [-0.1, -0.05) is 53.5 Å². The van der Waals surface area contributed by atoms with Crippen molar-refractivity contribution < 1.29 is 38.4 Å². The fourth-order valence-corrected chi connectivity index (χ4v) is 7.85. The molecule has 3 heterocycles. The smallest absolute Gasteiger partial charge is 0.318 e. The van der Waals surface area contributed by atoms with Crippen LogP contribution in [0, 0.1) is 13.8 Å². The summed E-state index contributed by atoms with van der Waals surface area (Å²) in [5.41, 5.74) is 6.46. The first kappa shape index (κ1) is 43.1. The molecule has 5 aromatic rings. The highest BCUT2D eigenvalue weighted by Gasteiger charge is 2.40. The fraction of sp³-hybridized carbons (Fsp3) is 0.319. The third-order valence-electron chi connectivity index (χ3n) is 11.4. The predicted octanol–water partition coefficient (Wildman–Crippen LogP) is 9.33. The van der Waals surface area contributed by atoms with Crippen molar-refractivity contribution in [1.82, 2.24) is 20.5 Å². The lowest BCUT2D eigenvalue weighted by molar-refractivity contribution is -0.126. The molecule has 1 saturated carbocycles. The molecule has 1 aliphatic carbocycles. The third kappa shape index (κ3) is 10.5. The maximum absolute atomic E-state index is 13.9. The molecule has 1 fully saturated rings. The number of carbonyl (C=O) groups is 3. The lowest BCUT2D eigenvalue weighted by Gasteiger charge is -2.43. The van der Waals surface area contributed by atoms with E-state index in [9.17, 15) is 9.59 Å². The first-order valence-corrected chi connectivity index (χ1v) is 20.9. The highest BCUT2D eigenvalue weighted by molar-refractivity contribution is 6.42. The van der Waals surface area contributed by atoms with Crippen molar-refractivity contribution in [3.05, 3.63) is 140 Å². The Labute approximate surface area is 365 Å². The Kier molecular flexibility index (Phi) is 13.5. The van der Waals surface area contributed by atoms with E-state index in [0.29, 0.717) is 59.9 Å². The molecule has 14 heteroatoms. The topological polar surface area (TPSA) is 149 Å². The number of hydrogen-bond donors (Lipinski definition) is 3. The summed E-state index contributed by atoms with van der Waals surface area (Å²) in [6, 6.07) is 25.9. The van der Waals surface area contributed by atoms with E-state index in [1.807, 2.05) is 86.6 Å². The van der Waals surface area contributed by atoms with Gasteiger partial charge in [-0.2, -0.15) is 0 Å². The average Bonchev–Trinajstić information content (AvgIpc) is 3.24. The Morgan fingerprint density at radius 2 is 1.64 bits per heavy atom. The Morgan fingerprint density at radius 1 is 0.934 bits per heavy atom. The van der Waals surface area contributed by atoms with Crippen molar-refractivity contribution in [2.75, 3.05) is 13.2 Å². The third-order valence-corrected chi connectivity index (χ3v) is 12.1. The maximum Gasteiger partial charge on any atom is 0.318 e. The number of ether oxygens (including phenoxy) is 4. The number of carboxylic acid groups (broad SMARTS) is 1. The van der Waals surface area contributed by atoms with E-state index < -0.39 is 6.04 Å². The quantitative estimate of drug-likeness (QED) is 0.111. The van der Waals surface area contributed by atoms with E-state index in [2.05, 4.69) is 22.5 Å². The van der Waals surface area contributed by atoms with Gasteiger partial charge in [0.25, 0.3) is 6.47 Å². The number of pyridine rings is 1. The van der Waals surface area contributed by atoms with E-state index in [1.54, 1.807) is 23.2 Å². The normalized spacial score (nSPS) is 17.0. The molecule has 2 aliphatic heterocycles. The van der Waals surface area contributed by atoms with Crippen molar-refractivity contribution in [3.63, 3.8) is 0 Å². The largest absolute Gasteiger partial charge is 0.489 e. The highest BCUT2D eigenvalue weighted by atomic mass is 35.5. The van der Waals surface area contributed by atoms with Crippen LogP contribution in [0.5, 0.6) is 28.7 Å². The second-order valence-electron chi connectivity index (χ2n) is 15.7. The van der Waals surface area contributed by atoms with Gasteiger partial charge in [0.1, 0.15) is 36.5 Å². The number of fused-ring (bicyclic) bond motifs is 2. The molecule has 12 nitrogen and oxygen atoms in total. The van der Waals surface area contributed by atoms with Gasteiger partial charge >= 0.3 is 6.03 Å². The first-order valence-electron chi connectivity index (χ1n) is 20.2. The molecule has 3 N–H and O–H groups in total. The van der Waals surface area contributed by atoms with Gasteiger partial charge in [0.2, 0.25) is 5.91 Å². The summed E-state index contributed by atoms with van der Waals surface area (Å²) < 4.78 is 24.8. The van der Waals surface area contributed by atoms with E-state index >= 15 is 0 Å². The molecule has 0 bridgehead atoms. The number of aromatic nitrogens is 1. The second-order valence-corrected chi connectivity index (χ2v) is 16.5. The zero-order chi connectivity index (χ0) is 43.1. The number of carbonyl (C=O) groups excluding carboxylic acids is 2. The summed E-state index contributed by atoms with van der Waals surface area (Å²) in [6.07, 6.45) is 5.28. The van der Waals surface area contributed by atoms with Crippen LogP contribution in [0.2, 0.25) is 10.0 Å². The standard InChI is InChI=1S/C46H46Cl2N4O6.CH2O2/c1-28-29(2)49-20-16-40(28)57-36-10-5-30(6-11-36)15-19-50-44(53)39-22-33-23-41-42(24-34(33)25-52(39)45(54)51-46(3)17-4-18-46)58-43(27-56-41)32-8-12-35(13-9-32)55-26-31-7-14-37(47)38(48)21-31;2-1-3/h5-14,16,20-21,23-24,39,43H,4,15,17-19,22,25-27H2,1-3H3,(H,50,53)(H,51,54);1H,(H,2,3). The molecule has 3 aliphatic rings. The molecule has 61 heavy (non-hydrogen) atoms. The minimum absolute atomic E-state index is 0.192. The van der Waals surface area contributed by atoms with Crippen LogP contribution in [0.4, 0.5) is 4.79 Å². The van der Waals surface area contributed by atoms with Crippen LogP contribution in [0.3, 0.4) is 0 Å². The molecule has 2 atom stereocenters. The minimum atomic E-state index is -0.688. The fourth-order valence-electron chi connectivity index (χ4n) is 7.53. The summed E-state index contributed by atoms with van der Waals surface area (Å²) in [6.45, 7) is 7.12. The summed E-state index contributed by atoms with van der Waals surface area (Å²) in [4.78, 5) is 42.1. The number of halogens is 2. The van der Waals surface area contributed by atoms with Gasteiger partial charge in [-0.05, 0) is 129 Å². The van der Waals surface area contributed by atoms with Crippen LogP contribution < -0.4 is 29.6 Å². The van der Waals surface area contributed by atoms with Gasteiger partial charge in [-0.3, -0.25) is 14.6 Å². The minimum Gasteiger partial charge on any atom is -0.489 e. The molecule has 318 valence electrons. The second kappa shape index (κ2) is 19.2. The summed E-state index contributed by atoms with van der Waals surface area (Å²) in [7, 11) is 0. The molecule has 1 aromatic heterocycles. The van der Waals surface area contributed by atoms with Crippen LogP contribution in [0.1, 0.15) is 71.4 Å². The number of nitrogens with zero attached hydrogens (tertiary/aromatic N) is 2. The molecule has 0 radical (unpaired) electrons. The van der Waals surface area contributed by atoms with Crippen molar-refractivity contribution in [2.24, 2.45) is 0 Å². The van der Waals surface area contributed by atoms with Crippen molar-refractivity contribution in [2.45, 2.75) is 83.7 Å². The molecular formula is C47H48Cl2N4O8. The SMILES string of the molecule is Cc1nccc(Oc2ccc(CCNC(=O)C3Cc4cc5c(cc4CN3C(=O)NC3(C)CCC3)OC(c3ccc(OCc4ccc(Cl)c(Cl)c4)cc3)CO5)cc2)c1C.O=CO. The van der Waals surface area contributed by atoms with Crippen LogP contribution in [0.25, 0.3) is 0 Å². The lowest BCUT2D eigenvalue weighted by Crippen LogP contribution is -2.60. The van der Waals surface area contributed by atoms with Crippen LogP contribution in [0.15, 0.2) is 91.1 Å². The van der Waals surface area contributed by atoms with Crippen molar-refractivity contribution in [3.8, 4) is 28.7 Å². The van der Waals surface area contributed by atoms with Gasteiger partial charge in [0.15, 0.2) is 17.6 Å². The van der Waals surface area contributed by atoms with Crippen LogP contribution in [-0.2, 0) is 35.6 Å². The number of hydrogen-bond acceptors (Lipinski definition) is 8. The Bertz CT molecular complexity index is 2370. The summed E-state index contributed by atoms with van der Waals surface area (Å²) in [5, 5.41) is 14.2. The molecule has 4 aromatic carbocycles. The monoisotopic (exact) mass is 866 g/mol. The Morgan fingerprint density at radius 3 is 2.34 bits per heavy atom. The number of nitrogens with one attached hydrogen (secondary N) is 2. The highest BCUT2D eigenvalue weighted by Crippen LogP contribution is 2.41. The lowest BCUT2D eigenvalue weighted by atomic mass is 9.78. The van der Waals surface area contributed by atoms with Crippen LogP contribution in [-0.4, -0.2) is 58.1 Å². The predicted molar refractivity (Wildman–Crippen MR) is 232 cm³/mol. The number of rotatable bonds is 11. The van der Waals surface area contributed by atoms with Gasteiger partial charge in [-0.25, -0.2) is 4.79 Å². The molecular weight excluding hydrogens is 819 g/mol. The number of amides is 3. The Balaban J connectivity index is 0.00000182. The zero-order valence-corrected chi connectivity index (χ0v) is 35.7. The Hall–Kier alpha value is -5.98. The average molecular weight is 868 g/mol. The summed E-state index contributed by atoms with van der Waals surface area (Å²) >= 11 is 12.2. The van der Waals surface area contributed by atoms with Crippen LogP contribution >= 0.6 is 23.2 Å². The molecule has 0 spiro atoms. The van der Waals surface area contributed by atoms with Gasteiger partial charge < -0.3 is 39.6 Å². The van der Waals surface area contributed by atoms with E-state index in [-0.39, 0.29) is 36.6 Å². The van der Waals surface area contributed by atoms with Gasteiger partial charge in [0.05, 0.1) is 10.0 Å². The first-order chi connectivity index (χ1) is 29.4. The summed E-state index contributed by atoms with van der Waals surface area (Å²) in [5.74, 6) is 3.25. The van der Waals surface area contributed by atoms with Gasteiger partial charge in [0, 0.05) is 42.5 Å². The number of benzene rings is 4. The van der Waals surface area contributed by atoms with E-state index in [4.69, 9.17) is 52.1 Å².